The third kappa shape index (κ3) is 9.15. The van der Waals surface area contributed by atoms with Crippen molar-refractivity contribution in [3.8, 4) is 5.75 Å². The Morgan fingerprint density at radius 1 is 0.922 bits per heavy atom. The van der Waals surface area contributed by atoms with Gasteiger partial charge in [-0.15, -0.1) is 0 Å². The summed E-state index contributed by atoms with van der Waals surface area (Å²) in [5.41, 5.74) is 5.85. The maximum Gasteiger partial charge on any atom is 0.410 e. The number of fused-ring (bicyclic) bond motifs is 1. The summed E-state index contributed by atoms with van der Waals surface area (Å²) in [7, 11) is 3.24. The summed E-state index contributed by atoms with van der Waals surface area (Å²) in [5.74, 6) is 0.901. The van der Waals surface area contributed by atoms with E-state index in [-0.39, 0.29) is 36.1 Å². The van der Waals surface area contributed by atoms with Gasteiger partial charge in [-0.3, -0.25) is 19.3 Å². The van der Waals surface area contributed by atoms with Crippen LogP contribution >= 0.6 is 0 Å². The molecule has 2 aromatic rings. The molecule has 4 aliphatic rings. The van der Waals surface area contributed by atoms with Crippen molar-refractivity contribution >= 4 is 42.9 Å². The Kier molecular flexibility index (Phi) is 12.0. The van der Waals surface area contributed by atoms with E-state index in [2.05, 4.69) is 15.7 Å². The molecule has 2 aromatic carbocycles. The molecular formula is C37H51BN6O7. The van der Waals surface area contributed by atoms with Gasteiger partial charge in [0.15, 0.2) is 6.10 Å². The van der Waals surface area contributed by atoms with Crippen molar-refractivity contribution in [2.45, 2.75) is 63.5 Å². The van der Waals surface area contributed by atoms with Crippen molar-refractivity contribution in [2.24, 2.45) is 11.8 Å². The number of phenols is 1. The van der Waals surface area contributed by atoms with Crippen molar-refractivity contribution in [3.05, 3.63) is 53.6 Å². The monoisotopic (exact) mass is 702 g/mol. The number of para-hydroxylation sites is 1. The van der Waals surface area contributed by atoms with Crippen LogP contribution in [0.2, 0.25) is 0 Å². The molecule has 51 heavy (non-hydrogen) atoms. The van der Waals surface area contributed by atoms with Gasteiger partial charge < -0.3 is 29.9 Å². The van der Waals surface area contributed by atoms with Crippen LogP contribution in [-0.4, -0.2) is 128 Å². The van der Waals surface area contributed by atoms with Crippen LogP contribution < -0.4 is 16.3 Å². The number of anilines is 1. The lowest BCUT2D eigenvalue weighted by molar-refractivity contribution is -0.142. The lowest BCUT2D eigenvalue weighted by atomic mass is 9.78. The molecule has 13 nitrogen and oxygen atoms in total. The zero-order valence-corrected chi connectivity index (χ0v) is 29.9. The highest BCUT2D eigenvalue weighted by Crippen LogP contribution is 2.33. The molecule has 5 amide bonds. The summed E-state index contributed by atoms with van der Waals surface area (Å²) in [6.07, 6.45) is 4.55. The minimum Gasteiger partial charge on any atom is -0.509 e. The number of carbonyl (C=O) groups is 4. The van der Waals surface area contributed by atoms with Crippen LogP contribution in [0.25, 0.3) is 0 Å². The molecule has 14 heteroatoms. The number of ether oxygens (including phenoxy) is 1. The Bertz CT molecular complexity index is 1550. The summed E-state index contributed by atoms with van der Waals surface area (Å²) < 4.78 is 6.04. The van der Waals surface area contributed by atoms with Gasteiger partial charge in [-0.25, -0.2) is 15.1 Å². The fourth-order valence-electron chi connectivity index (χ4n) is 8.26. The topological polar surface area (TPSA) is 144 Å². The zero-order chi connectivity index (χ0) is 35.9. The normalized spacial score (nSPS) is 20.3. The minimum atomic E-state index is -0.993. The molecule has 274 valence electrons. The smallest absolute Gasteiger partial charge is 0.410 e. The number of aromatic hydroxyl groups is 1. The van der Waals surface area contributed by atoms with Gasteiger partial charge in [-0.1, -0.05) is 30.3 Å². The summed E-state index contributed by atoms with van der Waals surface area (Å²) >= 11 is 0. The molecule has 3 N–H and O–H groups in total. The molecule has 4 aliphatic heterocycles. The van der Waals surface area contributed by atoms with E-state index < -0.39 is 12.2 Å². The van der Waals surface area contributed by atoms with Gasteiger partial charge >= 0.3 is 12.1 Å². The predicted molar refractivity (Wildman–Crippen MR) is 194 cm³/mol. The van der Waals surface area contributed by atoms with E-state index in [4.69, 9.17) is 9.57 Å². The highest BCUT2D eigenvalue weighted by Gasteiger charge is 2.37. The maximum atomic E-state index is 14.1. The molecule has 0 bridgehead atoms. The molecule has 4 heterocycles. The van der Waals surface area contributed by atoms with E-state index in [0.29, 0.717) is 69.4 Å². The second-order valence-electron chi connectivity index (χ2n) is 14.5. The summed E-state index contributed by atoms with van der Waals surface area (Å²) in [6, 6.07) is 13.0. The predicted octanol–water partition coefficient (Wildman–Crippen LogP) is 1.88. The fourth-order valence-corrected chi connectivity index (χ4v) is 8.26. The number of amides is 5. The summed E-state index contributed by atoms with van der Waals surface area (Å²) in [4.78, 5) is 64.9. The van der Waals surface area contributed by atoms with Crippen LogP contribution in [0.1, 0.15) is 49.7 Å². The number of hydroxylamine groups is 1. The minimum absolute atomic E-state index is 0.00412. The first-order valence-corrected chi connectivity index (χ1v) is 18.4. The number of hydrogen-bond donors (Lipinski definition) is 3. The van der Waals surface area contributed by atoms with Crippen molar-refractivity contribution in [1.82, 2.24) is 25.1 Å². The Morgan fingerprint density at radius 2 is 1.59 bits per heavy atom. The van der Waals surface area contributed by atoms with Crippen molar-refractivity contribution < 1.29 is 33.9 Å². The molecule has 0 aromatic heterocycles. The summed E-state index contributed by atoms with van der Waals surface area (Å²) in [6.45, 7) is 4.75. The SMILES string of the molecule is Bc1cc(C[C@@H](OC(=O)N2CCC(N3CCc4ccccc4NC3=O)CC2)C(=O)N2CCC(C3CCN(CC(=O)NOC)CC3)CC2)ccc1O. The van der Waals surface area contributed by atoms with Crippen molar-refractivity contribution in [3.63, 3.8) is 0 Å². The van der Waals surface area contributed by atoms with E-state index in [9.17, 15) is 24.3 Å². The molecule has 6 rings (SSSR count). The second kappa shape index (κ2) is 16.8. The number of nitrogens with one attached hydrogen (secondary N) is 2. The highest BCUT2D eigenvalue weighted by atomic mass is 16.6. The molecule has 0 saturated carbocycles. The number of carbonyl (C=O) groups excluding carboxylic acids is 4. The van der Waals surface area contributed by atoms with Crippen LogP contribution in [0.4, 0.5) is 15.3 Å². The lowest BCUT2D eigenvalue weighted by Crippen LogP contribution is -2.52. The Balaban J connectivity index is 1.03. The second-order valence-corrected chi connectivity index (χ2v) is 14.5. The van der Waals surface area contributed by atoms with Crippen LogP contribution in [0.5, 0.6) is 5.75 Å². The first-order chi connectivity index (χ1) is 24.7. The van der Waals surface area contributed by atoms with Gasteiger partial charge in [0.25, 0.3) is 11.8 Å². The summed E-state index contributed by atoms with van der Waals surface area (Å²) in [5, 5.41) is 13.1. The number of phenolic OH excluding ortho intramolecular Hbond substituents is 1. The van der Waals surface area contributed by atoms with Crippen molar-refractivity contribution in [2.75, 3.05) is 64.8 Å². The molecule has 0 spiro atoms. The standard InChI is InChI=1S/C37H51BN6O7/c1-50-40-34(46)24-41-15-8-26(9-16-41)27-10-17-42(18-11-27)35(47)33(23-25-6-7-32(45)30(38)22-25)51-37(49)43-19-13-29(14-20-43)44-21-12-28-4-2-3-5-31(28)39-36(44)48/h2-7,22,26-27,29,33,45H,8-21,23-24,38H2,1H3,(H,39,48)(H,40,46)/t33-/m1/s1. The number of likely N-dealkylation sites (tertiary alicyclic amines) is 3. The zero-order valence-electron chi connectivity index (χ0n) is 29.9. The molecule has 1 atom stereocenters. The van der Waals surface area contributed by atoms with Gasteiger partial charge in [0, 0.05) is 50.9 Å². The van der Waals surface area contributed by atoms with Gasteiger partial charge in [-0.2, -0.15) is 0 Å². The third-order valence-electron chi connectivity index (χ3n) is 11.2. The Morgan fingerprint density at radius 3 is 2.27 bits per heavy atom. The highest BCUT2D eigenvalue weighted by molar-refractivity contribution is 6.34. The first kappa shape index (κ1) is 36.5. The molecule has 0 radical (unpaired) electrons. The number of nitrogens with zero attached hydrogens (tertiary/aromatic N) is 4. The molecule has 3 saturated heterocycles. The van der Waals surface area contributed by atoms with Crippen LogP contribution in [0.3, 0.4) is 0 Å². The molecule has 3 fully saturated rings. The number of piperidine rings is 3. The Labute approximate surface area is 301 Å². The Hall–Kier alpha value is -4.30. The van der Waals surface area contributed by atoms with Gasteiger partial charge in [0.2, 0.25) is 0 Å². The van der Waals surface area contributed by atoms with Crippen LogP contribution in [-0.2, 0) is 32.0 Å². The number of urea groups is 1. The number of rotatable bonds is 9. The fraction of sp³-hybridized carbons (Fsp3) is 0.568. The maximum absolute atomic E-state index is 14.1. The van der Waals surface area contributed by atoms with E-state index in [1.54, 1.807) is 24.9 Å². The lowest BCUT2D eigenvalue weighted by Gasteiger charge is -2.41. The van der Waals surface area contributed by atoms with Gasteiger partial charge in [-0.05, 0) is 98.6 Å². The van der Waals surface area contributed by atoms with Crippen molar-refractivity contribution in [1.29, 1.82) is 0 Å². The average Bonchev–Trinajstić information content (AvgIpc) is 3.31. The number of hydrogen-bond acceptors (Lipinski definition) is 8. The van der Waals surface area contributed by atoms with Crippen LogP contribution in [0, 0.1) is 11.8 Å². The van der Waals surface area contributed by atoms with Gasteiger partial charge in [0.05, 0.1) is 13.7 Å². The van der Waals surface area contributed by atoms with E-state index in [1.807, 2.05) is 40.1 Å². The molecular weight excluding hydrogens is 651 g/mol. The van der Waals surface area contributed by atoms with Crippen LogP contribution in [0.15, 0.2) is 42.5 Å². The average molecular weight is 703 g/mol. The molecule has 0 unspecified atom stereocenters. The first-order valence-electron chi connectivity index (χ1n) is 18.4. The van der Waals surface area contributed by atoms with Gasteiger partial charge in [0.1, 0.15) is 13.6 Å². The quantitative estimate of drug-likeness (QED) is 0.266. The molecule has 0 aliphatic carbocycles. The number of benzene rings is 2. The largest absolute Gasteiger partial charge is 0.509 e. The van der Waals surface area contributed by atoms with E-state index in [1.165, 1.54) is 7.11 Å². The third-order valence-corrected chi connectivity index (χ3v) is 11.2. The van der Waals surface area contributed by atoms with E-state index in [0.717, 1.165) is 62.0 Å². The van der Waals surface area contributed by atoms with E-state index >= 15 is 0 Å².